The minimum absolute atomic E-state index is 0.261. The molecule has 0 aliphatic heterocycles. The number of hydrogen-bond donors (Lipinski definition) is 0. The lowest BCUT2D eigenvalue weighted by Gasteiger charge is -2.05. The first-order valence-corrected chi connectivity index (χ1v) is 8.06. The molecule has 1 unspecified atom stereocenters. The van der Waals surface area contributed by atoms with Crippen LogP contribution in [0.4, 0.5) is 4.39 Å². The molecule has 1 aliphatic carbocycles. The van der Waals surface area contributed by atoms with Crippen LogP contribution in [0.2, 0.25) is 5.02 Å². The van der Waals surface area contributed by atoms with Gasteiger partial charge in [-0.3, -0.25) is 4.21 Å². The fourth-order valence-corrected chi connectivity index (χ4v) is 3.41. The summed E-state index contributed by atoms with van der Waals surface area (Å²) in [6.45, 7) is 0. The summed E-state index contributed by atoms with van der Waals surface area (Å²) in [7, 11) is -1.19. The first-order valence-electron chi connectivity index (χ1n) is 6.19. The lowest BCUT2D eigenvalue weighted by molar-refractivity contribution is 0.591. The van der Waals surface area contributed by atoms with Crippen molar-refractivity contribution in [3.8, 4) is 0 Å². The fraction of sp³-hybridized carbons (Fsp3) is 0.417. The molecule has 0 spiro atoms. The van der Waals surface area contributed by atoms with Gasteiger partial charge < -0.3 is 0 Å². The van der Waals surface area contributed by atoms with Gasteiger partial charge in [0.2, 0.25) is 0 Å². The third-order valence-corrected chi connectivity index (χ3v) is 4.64. The van der Waals surface area contributed by atoms with Gasteiger partial charge in [-0.2, -0.15) is 0 Å². The highest BCUT2D eigenvalue weighted by Gasteiger charge is 2.28. The van der Waals surface area contributed by atoms with Crippen LogP contribution in [0.25, 0.3) is 0 Å². The second-order valence-electron chi connectivity index (χ2n) is 4.74. The van der Waals surface area contributed by atoms with Gasteiger partial charge in [-0.15, -0.1) is 5.10 Å². The summed E-state index contributed by atoms with van der Waals surface area (Å²) in [5.41, 5.74) is 0.664. The van der Waals surface area contributed by atoms with Gasteiger partial charge in [0.1, 0.15) is 5.82 Å². The van der Waals surface area contributed by atoms with Crippen molar-refractivity contribution in [2.75, 3.05) is 0 Å². The maximum Gasteiger partial charge on any atom is 0.164 e. The fourth-order valence-electron chi connectivity index (χ4n) is 1.92. The van der Waals surface area contributed by atoms with Crippen LogP contribution in [0.3, 0.4) is 0 Å². The normalized spacial score (nSPS) is 16.3. The van der Waals surface area contributed by atoms with E-state index in [0.29, 0.717) is 22.5 Å². The summed E-state index contributed by atoms with van der Waals surface area (Å²) in [5.74, 6) is 0.764. The highest BCUT2D eigenvalue weighted by Crippen LogP contribution is 2.34. The number of tetrazole rings is 1. The molecule has 5 nitrogen and oxygen atoms in total. The molecule has 0 saturated heterocycles. The Balaban J connectivity index is 1.68. The lowest BCUT2D eigenvalue weighted by Crippen LogP contribution is -2.08. The zero-order valence-electron chi connectivity index (χ0n) is 10.5. The van der Waals surface area contributed by atoms with Gasteiger partial charge in [0, 0.05) is 15.8 Å². The van der Waals surface area contributed by atoms with E-state index in [2.05, 4.69) is 15.5 Å². The Kier molecular flexibility index (Phi) is 3.80. The summed E-state index contributed by atoms with van der Waals surface area (Å²) in [5, 5.41) is 11.7. The van der Waals surface area contributed by atoms with Crippen molar-refractivity contribution in [1.29, 1.82) is 0 Å². The largest absolute Gasteiger partial charge is 0.259 e. The van der Waals surface area contributed by atoms with Gasteiger partial charge in [0.05, 0.1) is 17.5 Å². The number of aromatic nitrogens is 4. The minimum atomic E-state index is -1.19. The molecule has 0 bridgehead atoms. The van der Waals surface area contributed by atoms with Gasteiger partial charge in [-0.05, 0) is 41.0 Å². The third kappa shape index (κ3) is 3.04. The maximum atomic E-state index is 12.9. The van der Waals surface area contributed by atoms with Gasteiger partial charge >= 0.3 is 0 Å². The summed E-state index contributed by atoms with van der Waals surface area (Å²) in [6.07, 6.45) is 2.13. The van der Waals surface area contributed by atoms with E-state index in [1.165, 1.54) is 12.1 Å². The number of halogens is 2. The number of rotatable bonds is 5. The average Bonchev–Trinajstić information content (AvgIpc) is 3.14. The predicted molar refractivity (Wildman–Crippen MR) is 73.0 cm³/mol. The first kappa shape index (κ1) is 13.6. The molecule has 3 rings (SSSR count). The Hall–Kier alpha value is -1.34. The molecule has 1 aromatic heterocycles. The van der Waals surface area contributed by atoms with Crippen LogP contribution in [0.1, 0.15) is 30.3 Å². The maximum absolute atomic E-state index is 12.9. The SMILES string of the molecule is O=S(Cc1ccc(F)cc1Cl)Cc1nnnn1C1CC1. The number of hydrogen-bond acceptors (Lipinski definition) is 4. The second kappa shape index (κ2) is 5.57. The Morgan fingerprint density at radius 3 is 2.90 bits per heavy atom. The lowest BCUT2D eigenvalue weighted by atomic mass is 10.2. The Morgan fingerprint density at radius 2 is 2.20 bits per heavy atom. The van der Waals surface area contributed by atoms with Crippen LogP contribution in [0.5, 0.6) is 0 Å². The molecule has 0 radical (unpaired) electrons. The molecule has 106 valence electrons. The van der Waals surface area contributed by atoms with Crippen molar-refractivity contribution in [2.45, 2.75) is 30.4 Å². The Labute approximate surface area is 122 Å². The van der Waals surface area contributed by atoms with Gasteiger partial charge in [0.15, 0.2) is 5.82 Å². The molecule has 1 fully saturated rings. The Bertz CT molecular complexity index is 659. The van der Waals surface area contributed by atoms with E-state index in [0.717, 1.165) is 12.8 Å². The van der Waals surface area contributed by atoms with Crippen LogP contribution < -0.4 is 0 Å². The minimum Gasteiger partial charge on any atom is -0.259 e. The molecule has 1 saturated carbocycles. The topological polar surface area (TPSA) is 60.7 Å². The molecular formula is C12H12ClFN4OS. The number of nitrogens with zero attached hydrogens (tertiary/aromatic N) is 4. The highest BCUT2D eigenvalue weighted by molar-refractivity contribution is 7.83. The van der Waals surface area contributed by atoms with E-state index in [1.807, 2.05) is 0 Å². The highest BCUT2D eigenvalue weighted by atomic mass is 35.5. The van der Waals surface area contributed by atoms with Crippen LogP contribution in [0, 0.1) is 5.82 Å². The quantitative estimate of drug-likeness (QED) is 0.849. The van der Waals surface area contributed by atoms with Crippen molar-refractivity contribution >= 4 is 22.4 Å². The van der Waals surface area contributed by atoms with E-state index >= 15 is 0 Å². The van der Waals surface area contributed by atoms with Crippen LogP contribution in [-0.4, -0.2) is 24.4 Å². The van der Waals surface area contributed by atoms with E-state index < -0.39 is 16.6 Å². The van der Waals surface area contributed by atoms with Crippen LogP contribution in [0.15, 0.2) is 18.2 Å². The van der Waals surface area contributed by atoms with E-state index in [1.54, 1.807) is 10.7 Å². The molecule has 20 heavy (non-hydrogen) atoms. The summed E-state index contributed by atoms with van der Waals surface area (Å²) in [4.78, 5) is 0. The molecular weight excluding hydrogens is 303 g/mol. The van der Waals surface area contributed by atoms with E-state index in [4.69, 9.17) is 11.6 Å². The van der Waals surface area contributed by atoms with Crippen LogP contribution in [-0.2, 0) is 22.3 Å². The molecule has 0 amide bonds. The standard InChI is InChI=1S/C12H12ClFN4OS/c13-11-5-9(14)2-1-8(11)6-20(19)7-12-15-16-17-18(12)10-3-4-10/h1-2,5,10H,3-4,6-7H2. The van der Waals surface area contributed by atoms with Gasteiger partial charge in [-0.1, -0.05) is 17.7 Å². The van der Waals surface area contributed by atoms with Crippen molar-refractivity contribution in [3.63, 3.8) is 0 Å². The van der Waals surface area contributed by atoms with Gasteiger partial charge in [-0.25, -0.2) is 9.07 Å². The Morgan fingerprint density at radius 1 is 1.40 bits per heavy atom. The van der Waals surface area contributed by atoms with Crippen molar-refractivity contribution in [1.82, 2.24) is 20.2 Å². The van der Waals surface area contributed by atoms with Gasteiger partial charge in [0.25, 0.3) is 0 Å². The third-order valence-electron chi connectivity index (χ3n) is 3.08. The first-order chi connectivity index (χ1) is 9.63. The summed E-state index contributed by atoms with van der Waals surface area (Å²) in [6, 6.07) is 4.44. The smallest absolute Gasteiger partial charge is 0.164 e. The molecule has 8 heteroatoms. The average molecular weight is 315 g/mol. The zero-order chi connectivity index (χ0) is 14.1. The summed E-state index contributed by atoms with van der Waals surface area (Å²) < 4.78 is 26.9. The van der Waals surface area contributed by atoms with E-state index in [9.17, 15) is 8.60 Å². The van der Waals surface area contributed by atoms with Crippen molar-refractivity contribution in [3.05, 3.63) is 40.4 Å². The van der Waals surface area contributed by atoms with E-state index in [-0.39, 0.29) is 11.5 Å². The van der Waals surface area contributed by atoms with Crippen molar-refractivity contribution < 1.29 is 8.60 Å². The molecule has 1 aliphatic rings. The van der Waals surface area contributed by atoms with Crippen molar-refractivity contribution in [2.24, 2.45) is 0 Å². The monoisotopic (exact) mass is 314 g/mol. The predicted octanol–water partition coefficient (Wildman–Crippen LogP) is 2.25. The molecule has 1 aromatic carbocycles. The number of benzene rings is 1. The molecule has 1 heterocycles. The second-order valence-corrected chi connectivity index (χ2v) is 6.60. The van der Waals surface area contributed by atoms with Crippen LogP contribution >= 0.6 is 11.6 Å². The molecule has 0 N–H and O–H groups in total. The summed E-state index contributed by atoms with van der Waals surface area (Å²) >= 11 is 5.93. The zero-order valence-corrected chi connectivity index (χ0v) is 12.1. The molecule has 2 aromatic rings. The molecule has 1 atom stereocenters.